The molecule has 4 atom stereocenters. The van der Waals surface area contributed by atoms with Crippen LogP contribution < -0.4 is 5.73 Å². The van der Waals surface area contributed by atoms with E-state index in [1.807, 2.05) is 0 Å². The van der Waals surface area contributed by atoms with Crippen LogP contribution in [0.15, 0.2) is 0 Å². The van der Waals surface area contributed by atoms with Crippen molar-refractivity contribution in [2.75, 3.05) is 6.61 Å². The Morgan fingerprint density at radius 2 is 1.75 bits per heavy atom. The van der Waals surface area contributed by atoms with E-state index in [-0.39, 0.29) is 6.29 Å². The van der Waals surface area contributed by atoms with Gasteiger partial charge in [0.25, 0.3) is 0 Å². The number of carbonyl (C=O) groups is 1. The molecule has 12 heavy (non-hydrogen) atoms. The average molecular weight is 179 g/mol. The van der Waals surface area contributed by atoms with Gasteiger partial charge in [0.05, 0.1) is 12.6 Å². The fourth-order valence-corrected chi connectivity index (χ4v) is 0.644. The maximum absolute atomic E-state index is 10.0. The zero-order valence-corrected chi connectivity index (χ0v) is 6.37. The second-order valence-electron chi connectivity index (χ2n) is 2.44. The van der Waals surface area contributed by atoms with Crippen LogP contribution in [0, 0.1) is 0 Å². The molecule has 2 unspecified atom stereocenters. The summed E-state index contributed by atoms with van der Waals surface area (Å²) in [6, 6.07) is -1.26. The minimum Gasteiger partial charge on any atom is -0.394 e. The molecule has 0 saturated heterocycles. The van der Waals surface area contributed by atoms with Gasteiger partial charge >= 0.3 is 0 Å². The van der Waals surface area contributed by atoms with Crippen LogP contribution >= 0.6 is 0 Å². The Balaban J connectivity index is 4.07. The summed E-state index contributed by atoms with van der Waals surface area (Å²) in [7, 11) is 0. The SMILES string of the molecule is NC(C=O)[C@H](O)C(O)[C@@H](O)CO. The number of aliphatic hydroxyl groups is 4. The van der Waals surface area contributed by atoms with Crippen LogP contribution in [-0.4, -0.2) is 57.7 Å². The van der Waals surface area contributed by atoms with E-state index in [2.05, 4.69) is 0 Å². The highest BCUT2D eigenvalue weighted by Gasteiger charge is 2.28. The number of nitrogens with two attached hydrogens (primary N) is 1. The van der Waals surface area contributed by atoms with E-state index in [1.54, 1.807) is 0 Å². The predicted molar refractivity (Wildman–Crippen MR) is 39.1 cm³/mol. The molecular formula is C6H13NO5. The minimum atomic E-state index is -1.62. The van der Waals surface area contributed by atoms with Gasteiger partial charge in [-0.15, -0.1) is 0 Å². The van der Waals surface area contributed by atoms with Gasteiger partial charge in [0, 0.05) is 0 Å². The molecule has 0 spiro atoms. The first kappa shape index (κ1) is 11.5. The Morgan fingerprint density at radius 3 is 2.08 bits per heavy atom. The van der Waals surface area contributed by atoms with Crippen molar-refractivity contribution in [2.45, 2.75) is 24.4 Å². The summed E-state index contributed by atoms with van der Waals surface area (Å²) in [6.07, 6.45) is -4.43. The number of hydrogen-bond donors (Lipinski definition) is 5. The van der Waals surface area contributed by atoms with Gasteiger partial charge < -0.3 is 31.0 Å². The normalized spacial score (nSPS) is 21.1. The lowest BCUT2D eigenvalue weighted by Gasteiger charge is -2.23. The molecule has 6 heteroatoms. The van der Waals surface area contributed by atoms with Crippen LogP contribution in [0.5, 0.6) is 0 Å². The molecular weight excluding hydrogens is 166 g/mol. The van der Waals surface area contributed by atoms with Crippen LogP contribution in [0.25, 0.3) is 0 Å². The summed E-state index contributed by atoms with van der Waals surface area (Å²) in [5, 5.41) is 35.2. The second kappa shape index (κ2) is 5.18. The van der Waals surface area contributed by atoms with Crippen LogP contribution in [0.3, 0.4) is 0 Å². The molecule has 0 aliphatic heterocycles. The molecule has 0 radical (unpaired) electrons. The van der Waals surface area contributed by atoms with Crippen molar-refractivity contribution in [3.8, 4) is 0 Å². The highest BCUT2D eigenvalue weighted by Crippen LogP contribution is 2.01. The third kappa shape index (κ3) is 2.84. The minimum absolute atomic E-state index is 0.248. The molecule has 0 amide bonds. The molecule has 0 heterocycles. The Kier molecular flexibility index (Phi) is 4.95. The highest BCUT2D eigenvalue weighted by atomic mass is 16.4. The van der Waals surface area contributed by atoms with E-state index in [0.717, 1.165) is 0 Å². The second-order valence-corrected chi connectivity index (χ2v) is 2.44. The van der Waals surface area contributed by atoms with Crippen molar-refractivity contribution >= 4 is 6.29 Å². The summed E-state index contributed by atoms with van der Waals surface area (Å²) in [5.74, 6) is 0. The summed E-state index contributed by atoms with van der Waals surface area (Å²) in [5.41, 5.74) is 5.04. The standard InChI is InChI=1S/C6H13NO5/c7-3(1-8)5(11)6(12)4(10)2-9/h1,3-6,9-12H,2,7H2/t3?,4-,5-,6?/m0/s1. The van der Waals surface area contributed by atoms with E-state index in [1.165, 1.54) is 0 Å². The lowest BCUT2D eigenvalue weighted by molar-refractivity contribution is -0.118. The van der Waals surface area contributed by atoms with E-state index in [0.29, 0.717) is 0 Å². The lowest BCUT2D eigenvalue weighted by atomic mass is 10.0. The first-order chi connectivity index (χ1) is 5.54. The summed E-state index contributed by atoms with van der Waals surface area (Å²) < 4.78 is 0. The molecule has 6 N–H and O–H groups in total. The molecule has 0 aromatic heterocycles. The maximum atomic E-state index is 10.0. The average Bonchev–Trinajstić information content (AvgIpc) is 2.12. The number of rotatable bonds is 5. The molecule has 0 aliphatic rings. The van der Waals surface area contributed by atoms with E-state index >= 15 is 0 Å². The lowest BCUT2D eigenvalue weighted by Crippen LogP contribution is -2.49. The molecule has 0 aliphatic carbocycles. The van der Waals surface area contributed by atoms with Crippen LogP contribution in [0.1, 0.15) is 0 Å². The van der Waals surface area contributed by atoms with E-state index in [9.17, 15) is 4.79 Å². The first-order valence-corrected chi connectivity index (χ1v) is 3.40. The molecule has 0 aromatic carbocycles. The van der Waals surface area contributed by atoms with E-state index < -0.39 is 31.0 Å². The predicted octanol–water partition coefficient (Wildman–Crippen LogP) is -3.41. The highest BCUT2D eigenvalue weighted by molar-refractivity contribution is 5.58. The monoisotopic (exact) mass is 179 g/mol. The largest absolute Gasteiger partial charge is 0.394 e. The molecule has 0 saturated carbocycles. The number of aliphatic hydroxyl groups excluding tert-OH is 4. The Hall–Kier alpha value is -0.530. The maximum Gasteiger partial charge on any atom is 0.139 e. The van der Waals surface area contributed by atoms with Gasteiger partial charge in [-0.1, -0.05) is 0 Å². The zero-order valence-electron chi connectivity index (χ0n) is 6.37. The fraction of sp³-hybridized carbons (Fsp3) is 0.833. The van der Waals surface area contributed by atoms with Gasteiger partial charge in [0.2, 0.25) is 0 Å². The summed E-state index contributed by atoms with van der Waals surface area (Å²) in [6.45, 7) is -0.705. The van der Waals surface area contributed by atoms with Crippen molar-refractivity contribution in [3.05, 3.63) is 0 Å². The van der Waals surface area contributed by atoms with Crippen molar-refractivity contribution < 1.29 is 25.2 Å². The van der Waals surface area contributed by atoms with Gasteiger partial charge in [-0.25, -0.2) is 0 Å². The van der Waals surface area contributed by atoms with Gasteiger partial charge in [0.15, 0.2) is 0 Å². The third-order valence-corrected chi connectivity index (χ3v) is 1.48. The van der Waals surface area contributed by atoms with Crippen LogP contribution in [0.4, 0.5) is 0 Å². The first-order valence-electron chi connectivity index (χ1n) is 3.40. The Morgan fingerprint density at radius 1 is 1.25 bits per heavy atom. The van der Waals surface area contributed by atoms with Crippen LogP contribution in [0.2, 0.25) is 0 Å². The van der Waals surface area contributed by atoms with E-state index in [4.69, 9.17) is 26.2 Å². The molecule has 0 aromatic rings. The molecule has 6 nitrogen and oxygen atoms in total. The number of hydrogen-bond acceptors (Lipinski definition) is 6. The zero-order chi connectivity index (χ0) is 9.72. The van der Waals surface area contributed by atoms with Gasteiger partial charge in [0.1, 0.15) is 24.6 Å². The van der Waals surface area contributed by atoms with Gasteiger partial charge in [-0.3, -0.25) is 0 Å². The number of aldehydes is 1. The third-order valence-electron chi connectivity index (χ3n) is 1.48. The van der Waals surface area contributed by atoms with Crippen molar-refractivity contribution in [2.24, 2.45) is 5.73 Å². The molecule has 0 fully saturated rings. The fourth-order valence-electron chi connectivity index (χ4n) is 0.644. The van der Waals surface area contributed by atoms with Gasteiger partial charge in [-0.05, 0) is 0 Å². The Labute approximate surface area is 69.2 Å². The smallest absolute Gasteiger partial charge is 0.139 e. The van der Waals surface area contributed by atoms with Crippen molar-refractivity contribution in [1.29, 1.82) is 0 Å². The molecule has 72 valence electrons. The quantitative estimate of drug-likeness (QED) is 0.280. The van der Waals surface area contributed by atoms with Crippen molar-refractivity contribution in [1.82, 2.24) is 0 Å². The Bertz CT molecular complexity index is 142. The van der Waals surface area contributed by atoms with Gasteiger partial charge in [-0.2, -0.15) is 0 Å². The van der Waals surface area contributed by atoms with Crippen LogP contribution in [-0.2, 0) is 4.79 Å². The number of carbonyl (C=O) groups excluding carboxylic acids is 1. The molecule has 0 bridgehead atoms. The molecule has 0 rings (SSSR count). The topological polar surface area (TPSA) is 124 Å². The summed E-state index contributed by atoms with van der Waals surface area (Å²) in [4.78, 5) is 10.0. The van der Waals surface area contributed by atoms with Crippen molar-refractivity contribution in [3.63, 3.8) is 0 Å². The summed E-state index contributed by atoms with van der Waals surface area (Å²) >= 11 is 0.